The highest BCUT2D eigenvalue weighted by atomic mass is 19.1. The average Bonchev–Trinajstić information content (AvgIpc) is 2.37. The predicted molar refractivity (Wildman–Crippen MR) is 62.0 cm³/mol. The van der Waals surface area contributed by atoms with Gasteiger partial charge in [0.1, 0.15) is 12.4 Å². The smallest absolute Gasteiger partial charge is 0.410 e. The van der Waals surface area contributed by atoms with Crippen LogP contribution < -0.4 is 0 Å². The van der Waals surface area contributed by atoms with E-state index >= 15 is 0 Å². The van der Waals surface area contributed by atoms with Gasteiger partial charge in [-0.15, -0.1) is 0 Å². The summed E-state index contributed by atoms with van der Waals surface area (Å²) in [6.45, 7) is 1.66. The molecule has 0 bridgehead atoms. The van der Waals surface area contributed by atoms with Gasteiger partial charge >= 0.3 is 6.09 Å². The van der Waals surface area contributed by atoms with E-state index in [0.29, 0.717) is 5.56 Å². The van der Waals surface area contributed by atoms with Crippen molar-refractivity contribution in [3.05, 3.63) is 35.6 Å². The van der Waals surface area contributed by atoms with E-state index in [1.165, 1.54) is 18.6 Å². The van der Waals surface area contributed by atoms with Crippen molar-refractivity contribution in [2.45, 2.75) is 25.9 Å². The molecule has 1 aromatic rings. The van der Waals surface area contributed by atoms with Gasteiger partial charge in [0, 0.05) is 13.1 Å². The fourth-order valence-electron chi connectivity index (χ4n) is 1.94. The first-order valence-electron chi connectivity index (χ1n) is 5.92. The number of piperidine rings is 1. The first-order chi connectivity index (χ1) is 8.25. The molecule has 0 aliphatic carbocycles. The normalized spacial score (nSPS) is 15.7. The number of carbonyl (C=O) groups is 1. The Morgan fingerprint density at radius 3 is 2.76 bits per heavy atom. The van der Waals surface area contributed by atoms with Crippen LogP contribution in [0.25, 0.3) is 0 Å². The summed E-state index contributed by atoms with van der Waals surface area (Å²) in [5.41, 5.74) is 0.676. The average molecular weight is 237 g/mol. The Morgan fingerprint density at radius 2 is 2.06 bits per heavy atom. The molecule has 0 N–H and O–H groups in total. The molecule has 0 unspecified atom stereocenters. The zero-order valence-electron chi connectivity index (χ0n) is 9.69. The number of ether oxygens (including phenoxy) is 1. The lowest BCUT2D eigenvalue weighted by molar-refractivity contribution is 0.0894. The predicted octanol–water partition coefficient (Wildman–Crippen LogP) is 2.95. The van der Waals surface area contributed by atoms with Crippen molar-refractivity contribution in [3.63, 3.8) is 0 Å². The highest BCUT2D eigenvalue weighted by molar-refractivity contribution is 5.67. The lowest BCUT2D eigenvalue weighted by Crippen LogP contribution is -2.35. The first-order valence-corrected chi connectivity index (χ1v) is 5.92. The van der Waals surface area contributed by atoms with E-state index in [2.05, 4.69) is 0 Å². The number of hydrogen-bond acceptors (Lipinski definition) is 2. The second-order valence-corrected chi connectivity index (χ2v) is 4.23. The Balaban J connectivity index is 1.83. The monoisotopic (exact) mass is 237 g/mol. The molecule has 1 aliphatic heterocycles. The molecule has 0 spiro atoms. The molecular weight excluding hydrogens is 221 g/mol. The van der Waals surface area contributed by atoms with E-state index in [1.807, 2.05) is 0 Å². The molecule has 17 heavy (non-hydrogen) atoms. The summed E-state index contributed by atoms with van der Waals surface area (Å²) in [7, 11) is 0. The van der Waals surface area contributed by atoms with Crippen LogP contribution >= 0.6 is 0 Å². The quantitative estimate of drug-likeness (QED) is 0.791. The summed E-state index contributed by atoms with van der Waals surface area (Å²) in [5.74, 6) is -0.309. The molecule has 2 rings (SSSR count). The Kier molecular flexibility index (Phi) is 3.96. The van der Waals surface area contributed by atoms with Crippen LogP contribution in [0.2, 0.25) is 0 Å². The number of likely N-dealkylation sites (tertiary alicyclic amines) is 1. The summed E-state index contributed by atoms with van der Waals surface area (Å²) in [6.07, 6.45) is 2.95. The van der Waals surface area contributed by atoms with Gasteiger partial charge in [-0.25, -0.2) is 9.18 Å². The van der Waals surface area contributed by atoms with E-state index in [0.717, 1.165) is 25.9 Å². The third-order valence-corrected chi connectivity index (χ3v) is 2.87. The second-order valence-electron chi connectivity index (χ2n) is 4.23. The molecule has 3 nitrogen and oxygen atoms in total. The number of nitrogens with zero attached hydrogens (tertiary/aromatic N) is 1. The standard InChI is InChI=1S/C13H16FNO2/c14-12-6-4-5-11(9-12)10-17-13(16)15-7-2-1-3-8-15/h4-6,9H,1-3,7-8,10H2. The summed E-state index contributed by atoms with van der Waals surface area (Å²) in [4.78, 5) is 13.4. The van der Waals surface area contributed by atoms with Crippen molar-refractivity contribution in [2.24, 2.45) is 0 Å². The van der Waals surface area contributed by atoms with Crippen LogP contribution in [0, 0.1) is 5.82 Å². The van der Waals surface area contributed by atoms with Crippen molar-refractivity contribution in [2.75, 3.05) is 13.1 Å². The lowest BCUT2D eigenvalue weighted by Gasteiger charge is -2.25. The Hall–Kier alpha value is -1.58. The Morgan fingerprint density at radius 1 is 1.29 bits per heavy atom. The van der Waals surface area contributed by atoms with Crippen molar-refractivity contribution >= 4 is 6.09 Å². The molecule has 1 amide bonds. The van der Waals surface area contributed by atoms with Crippen molar-refractivity contribution in [1.82, 2.24) is 4.90 Å². The van der Waals surface area contributed by atoms with Gasteiger partial charge in [0.2, 0.25) is 0 Å². The molecule has 0 saturated carbocycles. The second kappa shape index (κ2) is 5.66. The van der Waals surface area contributed by atoms with Gasteiger partial charge in [-0.3, -0.25) is 0 Å². The first kappa shape index (κ1) is 11.9. The molecule has 1 aliphatic rings. The summed E-state index contributed by atoms with van der Waals surface area (Å²) >= 11 is 0. The van der Waals surface area contributed by atoms with Gasteiger partial charge in [0.05, 0.1) is 0 Å². The summed E-state index contributed by atoms with van der Waals surface area (Å²) in [5, 5.41) is 0. The minimum Gasteiger partial charge on any atom is -0.445 e. The van der Waals surface area contributed by atoms with Gasteiger partial charge < -0.3 is 9.64 Å². The number of halogens is 1. The molecule has 1 saturated heterocycles. The maximum Gasteiger partial charge on any atom is 0.410 e. The third-order valence-electron chi connectivity index (χ3n) is 2.87. The van der Waals surface area contributed by atoms with Gasteiger partial charge in [-0.05, 0) is 37.0 Å². The van der Waals surface area contributed by atoms with Crippen LogP contribution in [0.15, 0.2) is 24.3 Å². The summed E-state index contributed by atoms with van der Waals surface area (Å²) in [6, 6.07) is 6.10. The van der Waals surface area contributed by atoms with Gasteiger partial charge in [-0.1, -0.05) is 12.1 Å². The van der Waals surface area contributed by atoms with Crippen molar-refractivity contribution < 1.29 is 13.9 Å². The topological polar surface area (TPSA) is 29.5 Å². The molecule has 4 heteroatoms. The molecule has 0 aromatic heterocycles. The Bertz CT molecular complexity index is 389. The Labute approximate surface area is 100 Å². The van der Waals surface area contributed by atoms with Gasteiger partial charge in [-0.2, -0.15) is 0 Å². The fraction of sp³-hybridized carbons (Fsp3) is 0.462. The van der Waals surface area contributed by atoms with E-state index in [4.69, 9.17) is 4.74 Å². The largest absolute Gasteiger partial charge is 0.445 e. The molecule has 0 radical (unpaired) electrons. The van der Waals surface area contributed by atoms with E-state index < -0.39 is 0 Å². The van der Waals surface area contributed by atoms with Crippen molar-refractivity contribution in [3.8, 4) is 0 Å². The number of amides is 1. The molecule has 1 fully saturated rings. The van der Waals surface area contributed by atoms with Crippen LogP contribution in [0.1, 0.15) is 24.8 Å². The highest BCUT2D eigenvalue weighted by Crippen LogP contribution is 2.11. The van der Waals surface area contributed by atoms with E-state index in [-0.39, 0.29) is 18.5 Å². The molecule has 0 atom stereocenters. The van der Waals surface area contributed by atoms with Crippen molar-refractivity contribution in [1.29, 1.82) is 0 Å². The highest BCUT2D eigenvalue weighted by Gasteiger charge is 2.17. The van der Waals surface area contributed by atoms with Gasteiger partial charge in [0.15, 0.2) is 0 Å². The van der Waals surface area contributed by atoms with E-state index in [9.17, 15) is 9.18 Å². The van der Waals surface area contributed by atoms with Crippen LogP contribution in [-0.2, 0) is 11.3 Å². The van der Waals surface area contributed by atoms with Crippen LogP contribution in [0.4, 0.5) is 9.18 Å². The molecule has 1 aromatic carbocycles. The third kappa shape index (κ3) is 3.44. The van der Waals surface area contributed by atoms with Crippen LogP contribution in [0.5, 0.6) is 0 Å². The lowest BCUT2D eigenvalue weighted by atomic mass is 10.1. The zero-order chi connectivity index (χ0) is 12.1. The number of carbonyl (C=O) groups excluding carboxylic acids is 1. The zero-order valence-corrected chi connectivity index (χ0v) is 9.69. The maximum atomic E-state index is 12.9. The van der Waals surface area contributed by atoms with Crippen LogP contribution in [0.3, 0.4) is 0 Å². The van der Waals surface area contributed by atoms with Crippen LogP contribution in [-0.4, -0.2) is 24.1 Å². The summed E-state index contributed by atoms with van der Waals surface area (Å²) < 4.78 is 18.0. The molecule has 92 valence electrons. The SMILES string of the molecule is O=C(OCc1cccc(F)c1)N1CCCCC1. The number of hydrogen-bond donors (Lipinski definition) is 0. The number of benzene rings is 1. The minimum atomic E-state index is -0.309. The fourth-order valence-corrected chi connectivity index (χ4v) is 1.94. The van der Waals surface area contributed by atoms with E-state index in [1.54, 1.807) is 17.0 Å². The maximum absolute atomic E-state index is 12.9. The number of rotatable bonds is 2. The minimum absolute atomic E-state index is 0.132. The molecular formula is C13H16FNO2. The van der Waals surface area contributed by atoms with Gasteiger partial charge in [0.25, 0.3) is 0 Å². The molecule has 1 heterocycles.